The minimum atomic E-state index is -0.404. The molecule has 2 aromatic carbocycles. The quantitative estimate of drug-likeness (QED) is 0.291. The SMILES string of the molecule is C=CCn1c(SCC(=O)N[C@H](C)c2cc3ccccc3o2)nnc1[C@@H]1COc2ccccc2O1. The predicted octanol–water partition coefficient (Wildman–Crippen LogP) is 4.69. The van der Waals surface area contributed by atoms with E-state index in [1.54, 1.807) is 6.08 Å². The number of para-hydroxylation sites is 3. The molecule has 0 bridgehead atoms. The average Bonchev–Trinajstić information content (AvgIpc) is 3.47. The molecular formula is C25H24N4O4S. The van der Waals surface area contributed by atoms with Crippen molar-refractivity contribution >= 4 is 28.6 Å². The number of benzene rings is 2. The molecule has 34 heavy (non-hydrogen) atoms. The lowest BCUT2D eigenvalue weighted by atomic mass is 10.2. The average molecular weight is 477 g/mol. The van der Waals surface area contributed by atoms with E-state index in [4.69, 9.17) is 13.9 Å². The highest BCUT2D eigenvalue weighted by Gasteiger charge is 2.28. The molecule has 0 saturated heterocycles. The van der Waals surface area contributed by atoms with Gasteiger partial charge in [-0.1, -0.05) is 48.2 Å². The number of allylic oxidation sites excluding steroid dienone is 1. The summed E-state index contributed by atoms with van der Waals surface area (Å²) in [4.78, 5) is 12.6. The highest BCUT2D eigenvalue weighted by Crippen LogP contribution is 2.36. The predicted molar refractivity (Wildman–Crippen MR) is 129 cm³/mol. The third-order valence-corrected chi connectivity index (χ3v) is 6.40. The van der Waals surface area contributed by atoms with Crippen molar-refractivity contribution in [2.24, 2.45) is 0 Å². The van der Waals surface area contributed by atoms with Gasteiger partial charge in [-0.25, -0.2) is 0 Å². The van der Waals surface area contributed by atoms with Crippen LogP contribution in [0.15, 0.2) is 76.8 Å². The van der Waals surface area contributed by atoms with E-state index < -0.39 is 6.10 Å². The number of nitrogens with zero attached hydrogens (tertiary/aromatic N) is 3. The number of aromatic nitrogens is 3. The normalized spacial score (nSPS) is 15.7. The van der Waals surface area contributed by atoms with Gasteiger partial charge in [0.15, 0.2) is 28.6 Å². The molecule has 2 aromatic heterocycles. The fraction of sp³-hybridized carbons (Fsp3) is 0.240. The Morgan fingerprint density at radius 3 is 2.85 bits per heavy atom. The van der Waals surface area contributed by atoms with Crippen molar-refractivity contribution in [3.8, 4) is 11.5 Å². The zero-order valence-corrected chi connectivity index (χ0v) is 19.5. The molecule has 2 atom stereocenters. The molecule has 4 aromatic rings. The van der Waals surface area contributed by atoms with Crippen LogP contribution in [0.3, 0.4) is 0 Å². The largest absolute Gasteiger partial charge is 0.485 e. The number of rotatable bonds is 8. The zero-order chi connectivity index (χ0) is 23.5. The molecule has 8 nitrogen and oxygen atoms in total. The molecular weight excluding hydrogens is 452 g/mol. The van der Waals surface area contributed by atoms with Crippen molar-refractivity contribution in [1.29, 1.82) is 0 Å². The van der Waals surface area contributed by atoms with E-state index in [0.717, 1.165) is 11.0 Å². The van der Waals surface area contributed by atoms with E-state index in [2.05, 4.69) is 22.1 Å². The first-order valence-corrected chi connectivity index (χ1v) is 11.9. The van der Waals surface area contributed by atoms with E-state index >= 15 is 0 Å². The van der Waals surface area contributed by atoms with Crippen molar-refractivity contribution in [3.63, 3.8) is 0 Å². The first-order chi connectivity index (χ1) is 16.6. The van der Waals surface area contributed by atoms with Gasteiger partial charge in [-0.3, -0.25) is 9.36 Å². The van der Waals surface area contributed by atoms with Gasteiger partial charge in [0, 0.05) is 11.9 Å². The maximum absolute atomic E-state index is 12.6. The van der Waals surface area contributed by atoms with Crippen molar-refractivity contribution in [2.45, 2.75) is 30.8 Å². The molecule has 9 heteroatoms. The first kappa shape index (κ1) is 22.1. The monoisotopic (exact) mass is 476 g/mol. The van der Waals surface area contributed by atoms with Crippen LogP contribution in [0.1, 0.15) is 30.7 Å². The van der Waals surface area contributed by atoms with Gasteiger partial charge in [0.05, 0.1) is 11.8 Å². The smallest absolute Gasteiger partial charge is 0.231 e. The number of carbonyl (C=O) groups excluding carboxylic acids is 1. The van der Waals surface area contributed by atoms with Crippen LogP contribution in [-0.2, 0) is 11.3 Å². The van der Waals surface area contributed by atoms with Gasteiger partial charge in [-0.05, 0) is 31.2 Å². The van der Waals surface area contributed by atoms with Crippen molar-refractivity contribution in [3.05, 3.63) is 78.8 Å². The first-order valence-electron chi connectivity index (χ1n) is 11.0. The molecule has 1 amide bonds. The van der Waals surface area contributed by atoms with Crippen LogP contribution in [0.2, 0.25) is 0 Å². The van der Waals surface area contributed by atoms with Crippen molar-refractivity contribution in [2.75, 3.05) is 12.4 Å². The Bertz CT molecular complexity index is 1300. The molecule has 3 heterocycles. The summed E-state index contributed by atoms with van der Waals surface area (Å²) in [6, 6.07) is 17.0. The standard InChI is InChI=1S/C25H24N4O4S/c1-3-12-29-24(22-14-31-19-10-6-7-11-20(19)33-22)27-28-25(29)34-15-23(30)26-16(2)21-13-17-8-4-5-9-18(17)32-21/h3-11,13,16,22H,1,12,14-15H2,2H3,(H,26,30)/t16-,22+/m1/s1. The summed E-state index contributed by atoms with van der Waals surface area (Å²) in [6.07, 6.45) is 1.36. The topological polar surface area (TPSA) is 91.4 Å². The Kier molecular flexibility index (Phi) is 6.27. The number of thioether (sulfide) groups is 1. The number of hydrogen-bond acceptors (Lipinski definition) is 7. The summed E-state index contributed by atoms with van der Waals surface area (Å²) in [5.74, 6) is 2.78. The lowest BCUT2D eigenvalue weighted by molar-refractivity contribution is -0.119. The zero-order valence-electron chi connectivity index (χ0n) is 18.6. The third-order valence-electron chi connectivity index (χ3n) is 5.43. The van der Waals surface area contributed by atoms with Gasteiger partial charge in [0.1, 0.15) is 18.0 Å². The highest BCUT2D eigenvalue weighted by atomic mass is 32.2. The van der Waals surface area contributed by atoms with E-state index in [-0.39, 0.29) is 17.7 Å². The van der Waals surface area contributed by atoms with E-state index in [9.17, 15) is 4.79 Å². The Balaban J connectivity index is 1.24. The van der Waals surface area contributed by atoms with Crippen LogP contribution < -0.4 is 14.8 Å². The lowest BCUT2D eigenvalue weighted by Gasteiger charge is -2.26. The fourth-order valence-electron chi connectivity index (χ4n) is 3.79. The van der Waals surface area contributed by atoms with E-state index in [0.29, 0.717) is 41.4 Å². The van der Waals surface area contributed by atoms with Gasteiger partial charge in [0.25, 0.3) is 0 Å². The number of amides is 1. The fourth-order valence-corrected chi connectivity index (χ4v) is 4.56. The second kappa shape index (κ2) is 9.64. The number of carbonyl (C=O) groups is 1. The molecule has 0 saturated carbocycles. The second-order valence-electron chi connectivity index (χ2n) is 7.87. The van der Waals surface area contributed by atoms with Crippen LogP contribution in [-0.4, -0.2) is 33.0 Å². The Hall–Kier alpha value is -3.72. The molecule has 1 N–H and O–H groups in total. The van der Waals surface area contributed by atoms with E-state index in [1.807, 2.05) is 66.1 Å². The van der Waals surface area contributed by atoms with Crippen LogP contribution in [0.4, 0.5) is 0 Å². The molecule has 0 fully saturated rings. The van der Waals surface area contributed by atoms with Crippen molar-refractivity contribution in [1.82, 2.24) is 20.1 Å². The molecule has 0 unspecified atom stereocenters. The van der Waals surface area contributed by atoms with Gasteiger partial charge in [-0.2, -0.15) is 0 Å². The Morgan fingerprint density at radius 2 is 2.03 bits per heavy atom. The molecule has 174 valence electrons. The summed E-state index contributed by atoms with van der Waals surface area (Å²) in [6.45, 7) is 6.55. The molecule has 1 aliphatic heterocycles. The van der Waals surface area contributed by atoms with Gasteiger partial charge < -0.3 is 19.2 Å². The maximum Gasteiger partial charge on any atom is 0.231 e. The van der Waals surface area contributed by atoms with Gasteiger partial charge in [-0.15, -0.1) is 16.8 Å². The third kappa shape index (κ3) is 4.51. The molecule has 0 radical (unpaired) electrons. The minimum absolute atomic E-state index is 0.126. The van der Waals surface area contributed by atoms with Crippen LogP contribution >= 0.6 is 11.8 Å². The van der Waals surface area contributed by atoms with Crippen LogP contribution in [0, 0.1) is 0 Å². The lowest BCUT2D eigenvalue weighted by Crippen LogP contribution is -2.28. The molecule has 5 rings (SSSR count). The number of ether oxygens (including phenoxy) is 2. The summed E-state index contributed by atoms with van der Waals surface area (Å²) < 4.78 is 19.7. The second-order valence-corrected chi connectivity index (χ2v) is 8.81. The molecule has 0 aliphatic carbocycles. The van der Waals surface area contributed by atoms with Crippen LogP contribution in [0.25, 0.3) is 11.0 Å². The summed E-state index contributed by atoms with van der Waals surface area (Å²) >= 11 is 1.31. The molecule has 0 spiro atoms. The van der Waals surface area contributed by atoms with Crippen LogP contribution in [0.5, 0.6) is 11.5 Å². The number of hydrogen-bond donors (Lipinski definition) is 1. The minimum Gasteiger partial charge on any atom is -0.485 e. The number of nitrogens with one attached hydrogen (secondary N) is 1. The Morgan fingerprint density at radius 1 is 1.24 bits per heavy atom. The molecule has 1 aliphatic rings. The number of furan rings is 1. The van der Waals surface area contributed by atoms with Crippen molar-refractivity contribution < 1.29 is 18.7 Å². The number of fused-ring (bicyclic) bond motifs is 2. The highest BCUT2D eigenvalue weighted by molar-refractivity contribution is 7.99. The Labute approximate surface area is 200 Å². The van der Waals surface area contributed by atoms with Gasteiger partial charge in [0.2, 0.25) is 5.91 Å². The summed E-state index contributed by atoms with van der Waals surface area (Å²) in [5.41, 5.74) is 0.801. The summed E-state index contributed by atoms with van der Waals surface area (Å²) in [5, 5.41) is 13.2. The maximum atomic E-state index is 12.6. The van der Waals surface area contributed by atoms with E-state index in [1.165, 1.54) is 11.8 Å². The summed E-state index contributed by atoms with van der Waals surface area (Å²) in [7, 11) is 0. The van der Waals surface area contributed by atoms with Gasteiger partial charge >= 0.3 is 0 Å².